The zero-order chi connectivity index (χ0) is 21.8. The van der Waals surface area contributed by atoms with Gasteiger partial charge in [-0.15, -0.1) is 0 Å². The van der Waals surface area contributed by atoms with E-state index in [-0.39, 0.29) is 11.9 Å². The van der Waals surface area contributed by atoms with Gasteiger partial charge in [0.15, 0.2) is 0 Å². The molecule has 2 unspecified atom stereocenters. The van der Waals surface area contributed by atoms with E-state index in [1.807, 2.05) is 25.3 Å². The Morgan fingerprint density at radius 1 is 1.19 bits per heavy atom. The lowest BCUT2D eigenvalue weighted by Crippen LogP contribution is -2.43. The number of hydrogen-bond donors (Lipinski definition) is 1. The monoisotopic (exact) mass is 416 g/mol. The Hall–Kier alpha value is -2.55. The van der Waals surface area contributed by atoms with Crippen LogP contribution in [0.25, 0.3) is 0 Å². The molecule has 1 aromatic carbocycles. The smallest absolute Gasteiger partial charge is 0.254 e. The normalized spacial score (nSPS) is 22.0. The van der Waals surface area contributed by atoms with Gasteiger partial charge in [0.25, 0.3) is 5.91 Å². The first-order chi connectivity index (χ1) is 15.1. The number of allylic oxidation sites excluding steroid dienone is 6. The summed E-state index contributed by atoms with van der Waals surface area (Å²) < 4.78 is 0. The summed E-state index contributed by atoms with van der Waals surface area (Å²) in [4.78, 5) is 15.7. The third-order valence-electron chi connectivity index (χ3n) is 7.02. The van der Waals surface area contributed by atoms with Crippen molar-refractivity contribution in [3.05, 3.63) is 83.1 Å². The Morgan fingerprint density at radius 2 is 1.97 bits per heavy atom. The van der Waals surface area contributed by atoms with Gasteiger partial charge in [-0.25, -0.2) is 0 Å². The van der Waals surface area contributed by atoms with E-state index in [1.54, 1.807) is 0 Å². The van der Waals surface area contributed by atoms with Crippen LogP contribution in [-0.4, -0.2) is 29.9 Å². The largest absolute Gasteiger partial charge is 0.391 e. The van der Waals surface area contributed by atoms with Gasteiger partial charge in [-0.3, -0.25) is 4.79 Å². The van der Waals surface area contributed by atoms with Gasteiger partial charge in [-0.05, 0) is 86.1 Å². The molecular weight excluding hydrogens is 380 g/mol. The fourth-order valence-corrected chi connectivity index (χ4v) is 5.07. The molecule has 31 heavy (non-hydrogen) atoms. The molecule has 2 atom stereocenters. The number of amides is 1. The fourth-order valence-electron chi connectivity index (χ4n) is 5.07. The maximum absolute atomic E-state index is 13.5. The number of hydrogen-bond acceptors (Lipinski definition) is 2. The second-order valence-corrected chi connectivity index (χ2v) is 9.28. The Balaban J connectivity index is 1.45. The van der Waals surface area contributed by atoms with Gasteiger partial charge in [0.05, 0.1) is 0 Å². The lowest BCUT2D eigenvalue weighted by Gasteiger charge is -2.36. The molecule has 0 aliphatic heterocycles. The molecule has 3 heteroatoms. The van der Waals surface area contributed by atoms with Crippen LogP contribution < -0.4 is 5.32 Å². The quantitative estimate of drug-likeness (QED) is 0.567. The molecule has 0 spiro atoms. The summed E-state index contributed by atoms with van der Waals surface area (Å²) in [6, 6.07) is 9.06. The molecule has 0 saturated heterocycles. The first-order valence-electron chi connectivity index (χ1n) is 11.9. The molecule has 1 amide bonds. The average molecular weight is 417 g/mol. The predicted molar refractivity (Wildman–Crippen MR) is 129 cm³/mol. The minimum atomic E-state index is 0.196. The van der Waals surface area contributed by atoms with Crippen LogP contribution in [0.15, 0.2) is 72.0 Å². The number of benzene rings is 1. The summed E-state index contributed by atoms with van der Waals surface area (Å²) in [5.74, 6) is 0.704. The average Bonchev–Trinajstić information content (AvgIpc) is 3.65. The molecule has 3 aliphatic carbocycles. The van der Waals surface area contributed by atoms with Crippen molar-refractivity contribution in [1.29, 1.82) is 0 Å². The fraction of sp³-hybridized carbons (Fsp3) is 0.464. The maximum Gasteiger partial charge on any atom is 0.254 e. The van der Waals surface area contributed by atoms with Crippen LogP contribution in [0.3, 0.4) is 0 Å². The third kappa shape index (κ3) is 5.03. The minimum Gasteiger partial charge on any atom is -0.391 e. The SMILES string of the molecule is C=CC1=C(NC)CCC(N(C(=O)c2ccc(CC(C)C3=CCCC=C3)cc2)C2CC2)C1. The molecule has 4 rings (SSSR count). The van der Waals surface area contributed by atoms with Crippen molar-refractivity contribution in [1.82, 2.24) is 10.2 Å². The number of carbonyl (C=O) groups excluding carboxylic acids is 1. The molecule has 0 heterocycles. The number of rotatable bonds is 8. The van der Waals surface area contributed by atoms with Gasteiger partial charge in [0.2, 0.25) is 0 Å². The summed E-state index contributed by atoms with van der Waals surface area (Å²) >= 11 is 0. The Kier molecular flexibility index (Phi) is 6.80. The molecule has 0 radical (unpaired) electrons. The summed E-state index contributed by atoms with van der Waals surface area (Å²) in [5.41, 5.74) is 6.10. The van der Waals surface area contributed by atoms with Gasteiger partial charge in [0.1, 0.15) is 0 Å². The molecule has 1 fully saturated rings. The number of nitrogens with one attached hydrogen (secondary N) is 1. The van der Waals surface area contributed by atoms with Crippen LogP contribution in [0, 0.1) is 5.92 Å². The highest BCUT2D eigenvalue weighted by Crippen LogP contribution is 2.36. The minimum absolute atomic E-state index is 0.196. The second kappa shape index (κ2) is 9.72. The second-order valence-electron chi connectivity index (χ2n) is 9.28. The summed E-state index contributed by atoms with van der Waals surface area (Å²) in [6.07, 6.45) is 17.4. The van der Waals surface area contributed by atoms with Gasteiger partial charge >= 0.3 is 0 Å². The van der Waals surface area contributed by atoms with Crippen molar-refractivity contribution in [2.45, 2.75) is 70.4 Å². The summed E-state index contributed by atoms with van der Waals surface area (Å²) in [6.45, 7) is 6.29. The molecule has 1 aromatic rings. The van der Waals surface area contributed by atoms with Crippen molar-refractivity contribution in [2.24, 2.45) is 5.92 Å². The van der Waals surface area contributed by atoms with E-state index in [4.69, 9.17) is 0 Å². The van der Waals surface area contributed by atoms with E-state index in [9.17, 15) is 4.79 Å². The molecule has 3 aliphatic rings. The van der Waals surface area contributed by atoms with Crippen LogP contribution in [0.1, 0.15) is 67.8 Å². The van der Waals surface area contributed by atoms with Gasteiger partial charge in [-0.2, -0.15) is 0 Å². The molecular formula is C28H36N2O. The van der Waals surface area contributed by atoms with E-state index >= 15 is 0 Å². The highest BCUT2D eigenvalue weighted by molar-refractivity contribution is 5.95. The van der Waals surface area contributed by atoms with Crippen LogP contribution in [0.4, 0.5) is 0 Å². The topological polar surface area (TPSA) is 32.3 Å². The lowest BCUT2D eigenvalue weighted by atomic mass is 9.89. The van der Waals surface area contributed by atoms with E-state index in [0.717, 1.165) is 56.9 Å². The van der Waals surface area contributed by atoms with E-state index in [0.29, 0.717) is 12.0 Å². The maximum atomic E-state index is 13.5. The highest BCUT2D eigenvalue weighted by Gasteiger charge is 2.39. The third-order valence-corrected chi connectivity index (χ3v) is 7.02. The standard InChI is InChI=1S/C28H36N2O/c1-4-22-19-26(16-17-27(22)29-3)30(25-14-15-25)28(31)24-12-10-21(11-13-24)18-20(2)23-8-6-5-7-9-23/h4,6,8-13,20,25-26,29H,1,5,7,14-19H2,2-3H3. The lowest BCUT2D eigenvalue weighted by molar-refractivity contribution is 0.0643. The zero-order valence-corrected chi connectivity index (χ0v) is 19.1. The van der Waals surface area contributed by atoms with Crippen molar-refractivity contribution < 1.29 is 4.79 Å². The van der Waals surface area contributed by atoms with Crippen LogP contribution in [-0.2, 0) is 6.42 Å². The highest BCUT2D eigenvalue weighted by atomic mass is 16.2. The van der Waals surface area contributed by atoms with E-state index in [2.05, 4.69) is 54.1 Å². The molecule has 0 bridgehead atoms. The van der Waals surface area contributed by atoms with Gasteiger partial charge in [0, 0.05) is 30.4 Å². The molecule has 164 valence electrons. The van der Waals surface area contributed by atoms with Crippen molar-refractivity contribution in [3.63, 3.8) is 0 Å². The van der Waals surface area contributed by atoms with Crippen LogP contribution in [0.2, 0.25) is 0 Å². The first kappa shape index (κ1) is 21.7. The Morgan fingerprint density at radius 3 is 2.58 bits per heavy atom. The van der Waals surface area contributed by atoms with Crippen LogP contribution in [0.5, 0.6) is 0 Å². The molecule has 1 saturated carbocycles. The summed E-state index contributed by atoms with van der Waals surface area (Å²) in [7, 11) is 1.98. The first-order valence-corrected chi connectivity index (χ1v) is 11.9. The van der Waals surface area contributed by atoms with Gasteiger partial charge in [-0.1, -0.05) is 49.9 Å². The molecule has 1 N–H and O–H groups in total. The Bertz CT molecular complexity index is 901. The summed E-state index contributed by atoms with van der Waals surface area (Å²) in [5, 5.41) is 3.31. The van der Waals surface area contributed by atoms with Crippen molar-refractivity contribution in [2.75, 3.05) is 7.05 Å². The van der Waals surface area contributed by atoms with Crippen molar-refractivity contribution in [3.8, 4) is 0 Å². The molecule has 0 aromatic heterocycles. The van der Waals surface area contributed by atoms with E-state index < -0.39 is 0 Å². The van der Waals surface area contributed by atoms with Crippen LogP contribution >= 0.6 is 0 Å². The molecule has 3 nitrogen and oxygen atoms in total. The van der Waals surface area contributed by atoms with Gasteiger partial charge < -0.3 is 10.2 Å². The Labute approximate surface area is 187 Å². The predicted octanol–water partition coefficient (Wildman–Crippen LogP) is 5.96. The zero-order valence-electron chi connectivity index (χ0n) is 19.1. The number of carbonyl (C=O) groups is 1. The number of nitrogens with zero attached hydrogens (tertiary/aromatic N) is 1. The van der Waals surface area contributed by atoms with Crippen molar-refractivity contribution >= 4 is 5.91 Å². The van der Waals surface area contributed by atoms with E-state index in [1.165, 1.54) is 22.4 Å².